The number of nitrogens with one attached hydrogen (secondary N) is 1. The molecule has 0 aliphatic carbocycles. The van der Waals surface area contributed by atoms with Crippen molar-refractivity contribution < 1.29 is 9.59 Å². The lowest BCUT2D eigenvalue weighted by Crippen LogP contribution is -2.25. The van der Waals surface area contributed by atoms with Gasteiger partial charge in [-0.3, -0.25) is 9.59 Å². The predicted octanol–water partition coefficient (Wildman–Crippen LogP) is 2.29. The minimum atomic E-state index is -0.741. The summed E-state index contributed by atoms with van der Waals surface area (Å²) < 4.78 is 0. The highest BCUT2D eigenvalue weighted by Gasteiger charge is 2.41. The fourth-order valence-corrected chi connectivity index (χ4v) is 3.19. The minimum Gasteiger partial charge on any atom is -0.346 e. The Bertz CT molecular complexity index is 675. The molecule has 5 heteroatoms. The van der Waals surface area contributed by atoms with E-state index in [2.05, 4.69) is 10.3 Å². The van der Waals surface area contributed by atoms with Gasteiger partial charge in [-0.15, -0.1) is 11.3 Å². The molecule has 1 aliphatic heterocycles. The second kappa shape index (κ2) is 4.83. The summed E-state index contributed by atoms with van der Waals surface area (Å²) in [5, 5.41) is 5.12. The maximum Gasteiger partial charge on any atom is 0.238 e. The van der Waals surface area contributed by atoms with Gasteiger partial charge in [0.2, 0.25) is 5.91 Å². The number of nitrogens with zero attached hydrogens (tertiary/aromatic N) is 1. The summed E-state index contributed by atoms with van der Waals surface area (Å²) >= 11 is 1.36. The molecular weight excluding hydrogens is 272 g/mol. The molecule has 1 aromatic carbocycles. The molecule has 2 aromatic rings. The first-order valence-corrected chi connectivity index (χ1v) is 7.31. The van der Waals surface area contributed by atoms with E-state index in [9.17, 15) is 9.59 Å². The average molecular weight is 286 g/mol. The molecule has 2 unspecified atom stereocenters. The lowest BCUT2D eigenvalue weighted by atomic mass is 10.1. The third-order valence-corrected chi connectivity index (χ3v) is 4.36. The molecule has 1 amide bonds. The van der Waals surface area contributed by atoms with Crippen molar-refractivity contribution in [2.24, 2.45) is 0 Å². The van der Waals surface area contributed by atoms with E-state index in [-0.39, 0.29) is 11.7 Å². The lowest BCUT2D eigenvalue weighted by Gasteiger charge is -2.01. The third kappa shape index (κ3) is 2.14. The molecule has 2 heterocycles. The van der Waals surface area contributed by atoms with Crippen LogP contribution in [0.25, 0.3) is 11.3 Å². The Morgan fingerprint density at radius 2 is 1.90 bits per heavy atom. The first-order valence-electron chi connectivity index (χ1n) is 6.43. The second-order valence-electron chi connectivity index (χ2n) is 5.00. The molecule has 1 aromatic heterocycles. The highest BCUT2D eigenvalue weighted by atomic mass is 32.1. The summed E-state index contributed by atoms with van der Waals surface area (Å²) in [5.41, 5.74) is 2.99. The van der Waals surface area contributed by atoms with Crippen LogP contribution in [-0.4, -0.2) is 22.7 Å². The molecule has 4 nitrogen and oxygen atoms in total. The van der Waals surface area contributed by atoms with Gasteiger partial charge in [-0.25, -0.2) is 4.98 Å². The zero-order valence-electron chi connectivity index (χ0n) is 11.2. The monoisotopic (exact) mass is 286 g/mol. The summed E-state index contributed by atoms with van der Waals surface area (Å²) in [6.45, 7) is 3.73. The van der Waals surface area contributed by atoms with E-state index in [0.29, 0.717) is 5.01 Å². The maximum atomic E-state index is 12.0. The van der Waals surface area contributed by atoms with Gasteiger partial charge in [-0.05, 0) is 13.8 Å². The quantitative estimate of drug-likeness (QED) is 0.862. The van der Waals surface area contributed by atoms with Crippen molar-refractivity contribution in [2.45, 2.75) is 25.8 Å². The Kier molecular flexibility index (Phi) is 3.14. The molecule has 1 fully saturated rings. The molecule has 1 N–H and O–H groups in total. The van der Waals surface area contributed by atoms with Gasteiger partial charge in [0.05, 0.1) is 11.7 Å². The Labute approximate surface area is 120 Å². The summed E-state index contributed by atoms with van der Waals surface area (Å²) in [6, 6.07) is 7.60. The van der Waals surface area contributed by atoms with E-state index in [1.807, 2.05) is 36.6 Å². The number of rotatable bonds is 2. The summed E-state index contributed by atoms with van der Waals surface area (Å²) in [5.74, 6) is -1.08. The van der Waals surface area contributed by atoms with E-state index in [4.69, 9.17) is 0 Å². The standard InChI is InChI=1S/C15H14N2O2S/c1-8-3-5-10(6-4-8)11-7-20-15(17-11)12-13(18)9(2)16-14(12)19/h3-7,9,12H,1-2H3,(H,16,19). The Morgan fingerprint density at radius 1 is 1.20 bits per heavy atom. The van der Waals surface area contributed by atoms with E-state index in [1.54, 1.807) is 6.92 Å². The SMILES string of the molecule is Cc1ccc(-c2csc(C3C(=O)NC(C)C3=O)n2)cc1. The number of hydrogen-bond donors (Lipinski definition) is 1. The largest absolute Gasteiger partial charge is 0.346 e. The van der Waals surface area contributed by atoms with Crippen LogP contribution in [0.3, 0.4) is 0 Å². The van der Waals surface area contributed by atoms with Gasteiger partial charge in [0.15, 0.2) is 11.7 Å². The number of aryl methyl sites for hydroxylation is 1. The van der Waals surface area contributed by atoms with Crippen molar-refractivity contribution in [3.63, 3.8) is 0 Å². The topological polar surface area (TPSA) is 59.1 Å². The van der Waals surface area contributed by atoms with Crippen LogP contribution in [-0.2, 0) is 9.59 Å². The molecule has 0 spiro atoms. The average Bonchev–Trinajstić information content (AvgIpc) is 2.97. The fraction of sp³-hybridized carbons (Fsp3) is 0.267. The van der Waals surface area contributed by atoms with Gasteiger partial charge in [-0.2, -0.15) is 0 Å². The fourth-order valence-electron chi connectivity index (χ4n) is 2.26. The smallest absolute Gasteiger partial charge is 0.238 e. The molecule has 2 atom stereocenters. The molecule has 102 valence electrons. The van der Waals surface area contributed by atoms with Crippen molar-refractivity contribution in [1.29, 1.82) is 0 Å². The number of thiazole rings is 1. The lowest BCUT2D eigenvalue weighted by molar-refractivity contribution is -0.124. The van der Waals surface area contributed by atoms with Crippen molar-refractivity contribution in [3.8, 4) is 11.3 Å². The Balaban J connectivity index is 1.93. The Hall–Kier alpha value is -2.01. The normalized spacial score (nSPS) is 22.1. The first kappa shape index (κ1) is 13.0. The van der Waals surface area contributed by atoms with Gasteiger partial charge in [-0.1, -0.05) is 29.8 Å². The number of Topliss-reactive ketones (excluding diaryl/α,β-unsaturated/α-hetero) is 1. The van der Waals surface area contributed by atoms with Gasteiger partial charge in [0.25, 0.3) is 0 Å². The van der Waals surface area contributed by atoms with Crippen molar-refractivity contribution >= 4 is 23.0 Å². The third-order valence-electron chi connectivity index (χ3n) is 3.45. The maximum absolute atomic E-state index is 12.0. The molecule has 0 radical (unpaired) electrons. The molecule has 0 saturated carbocycles. The number of aromatic nitrogens is 1. The number of amides is 1. The number of hydrogen-bond acceptors (Lipinski definition) is 4. The van der Waals surface area contributed by atoms with Crippen LogP contribution in [0.5, 0.6) is 0 Å². The zero-order chi connectivity index (χ0) is 14.3. The molecule has 20 heavy (non-hydrogen) atoms. The number of benzene rings is 1. The van der Waals surface area contributed by atoms with Crippen molar-refractivity contribution in [1.82, 2.24) is 10.3 Å². The number of ketones is 1. The van der Waals surface area contributed by atoms with E-state index < -0.39 is 12.0 Å². The van der Waals surface area contributed by atoms with E-state index >= 15 is 0 Å². The minimum absolute atomic E-state index is 0.0974. The van der Waals surface area contributed by atoms with Crippen LogP contribution in [0.2, 0.25) is 0 Å². The Morgan fingerprint density at radius 3 is 2.50 bits per heavy atom. The van der Waals surface area contributed by atoms with Crippen molar-refractivity contribution in [3.05, 3.63) is 40.2 Å². The van der Waals surface area contributed by atoms with E-state index in [1.165, 1.54) is 16.9 Å². The van der Waals surface area contributed by atoms with Crippen LogP contribution in [0.15, 0.2) is 29.6 Å². The number of carbonyl (C=O) groups excluding carboxylic acids is 2. The van der Waals surface area contributed by atoms with Crippen LogP contribution < -0.4 is 5.32 Å². The first-order chi connectivity index (χ1) is 9.56. The second-order valence-corrected chi connectivity index (χ2v) is 5.89. The van der Waals surface area contributed by atoms with Crippen molar-refractivity contribution in [2.75, 3.05) is 0 Å². The highest BCUT2D eigenvalue weighted by Crippen LogP contribution is 2.30. The highest BCUT2D eigenvalue weighted by molar-refractivity contribution is 7.10. The van der Waals surface area contributed by atoms with Gasteiger partial charge in [0.1, 0.15) is 5.01 Å². The molecule has 1 aliphatic rings. The van der Waals surface area contributed by atoms with Crippen LogP contribution >= 0.6 is 11.3 Å². The van der Waals surface area contributed by atoms with Gasteiger partial charge < -0.3 is 5.32 Å². The molecule has 3 rings (SSSR count). The summed E-state index contributed by atoms with van der Waals surface area (Å²) in [6.07, 6.45) is 0. The number of carbonyl (C=O) groups is 2. The van der Waals surface area contributed by atoms with Crippen LogP contribution in [0.1, 0.15) is 23.4 Å². The summed E-state index contributed by atoms with van der Waals surface area (Å²) in [7, 11) is 0. The molecular formula is C15H14N2O2S. The summed E-state index contributed by atoms with van der Waals surface area (Å²) in [4.78, 5) is 28.3. The predicted molar refractivity (Wildman–Crippen MR) is 77.6 cm³/mol. The van der Waals surface area contributed by atoms with Crippen LogP contribution in [0.4, 0.5) is 0 Å². The molecule has 0 bridgehead atoms. The van der Waals surface area contributed by atoms with Gasteiger partial charge >= 0.3 is 0 Å². The molecule has 1 saturated heterocycles. The van der Waals surface area contributed by atoms with Crippen LogP contribution in [0, 0.1) is 6.92 Å². The van der Waals surface area contributed by atoms with Gasteiger partial charge in [0, 0.05) is 10.9 Å². The zero-order valence-corrected chi connectivity index (χ0v) is 12.0. The van der Waals surface area contributed by atoms with E-state index in [0.717, 1.165) is 11.3 Å².